The van der Waals surface area contributed by atoms with Crippen molar-refractivity contribution in [1.29, 1.82) is 0 Å². The Hall–Kier alpha value is -7.85. The third kappa shape index (κ3) is 19.5. The van der Waals surface area contributed by atoms with E-state index >= 15 is 0 Å². The molecule has 0 saturated carbocycles. The Morgan fingerprint density at radius 3 is 1.00 bits per heavy atom. The molecule has 0 aliphatic carbocycles. The molecule has 108 heavy (non-hydrogen) atoms. The average molecular weight is 1510 g/mol. The van der Waals surface area contributed by atoms with Crippen LogP contribution < -0.4 is 28.4 Å². The molecule has 0 aromatic heterocycles. The number of ether oxygens (including phenoxy) is 12. The van der Waals surface area contributed by atoms with E-state index in [1.165, 1.54) is 0 Å². The van der Waals surface area contributed by atoms with Crippen LogP contribution in [0.5, 0.6) is 34.5 Å². The van der Waals surface area contributed by atoms with Crippen molar-refractivity contribution in [3.05, 3.63) is 287 Å². The first-order chi connectivity index (χ1) is 51.9. The lowest BCUT2D eigenvalue weighted by Gasteiger charge is -2.41. The van der Waals surface area contributed by atoms with E-state index in [1.54, 1.807) is 42.7 Å². The Balaban J connectivity index is 0.000000174. The van der Waals surface area contributed by atoms with E-state index in [0.29, 0.717) is 31.1 Å². The lowest BCUT2D eigenvalue weighted by molar-refractivity contribution is -0.0605. The fraction of sp³-hybridized carbons (Fsp3) is 0.379. The summed E-state index contributed by atoms with van der Waals surface area (Å²) in [5.41, 5.74) is 5.88. The Kier molecular flexibility index (Phi) is 28.5. The Morgan fingerprint density at radius 2 is 0.722 bits per heavy atom. The fourth-order valence-corrected chi connectivity index (χ4v) is 17.0. The van der Waals surface area contributed by atoms with Gasteiger partial charge in [0.2, 0.25) is 9.05 Å². The first kappa shape index (κ1) is 82.6. The highest BCUT2D eigenvalue weighted by atomic mass is 35.7. The second-order valence-electron chi connectivity index (χ2n) is 28.8. The summed E-state index contributed by atoms with van der Waals surface area (Å²) in [5.74, 6) is 4.08. The number of halogens is 1. The minimum atomic E-state index is -3.74. The van der Waals surface area contributed by atoms with Crippen molar-refractivity contribution in [1.82, 2.24) is 0 Å². The van der Waals surface area contributed by atoms with Crippen LogP contribution in [0.2, 0.25) is 18.1 Å². The van der Waals surface area contributed by atoms with Crippen LogP contribution in [0.25, 0.3) is 0 Å². The number of hydrogen-bond acceptors (Lipinski definition) is 15. The number of methoxy groups -OCH3 is 6. The number of hydrogen-bond donors (Lipinski definition) is 0. The van der Waals surface area contributed by atoms with E-state index in [4.69, 9.17) is 95.5 Å². The topological polar surface area (TPSA) is 154 Å². The van der Waals surface area contributed by atoms with E-state index < -0.39 is 52.3 Å². The monoisotopic (exact) mass is 1510 g/mol. The zero-order chi connectivity index (χ0) is 77.3. The highest BCUT2D eigenvalue weighted by molar-refractivity contribution is 8.13. The van der Waals surface area contributed by atoms with Crippen LogP contribution in [0.3, 0.4) is 0 Å². The van der Waals surface area contributed by atoms with Crippen molar-refractivity contribution >= 4 is 51.6 Å². The Bertz CT molecular complexity index is 4180. The molecule has 21 heteroatoms. The molecular weight excluding hydrogens is 1410 g/mol. The zero-order valence-electron chi connectivity index (χ0n) is 64.0. The number of rotatable bonds is 29. The van der Waals surface area contributed by atoms with Gasteiger partial charge in [-0.25, -0.2) is 8.42 Å². The second-order valence-corrected chi connectivity index (χ2v) is 36.4. The van der Waals surface area contributed by atoms with E-state index in [-0.39, 0.29) is 53.5 Å². The van der Waals surface area contributed by atoms with Crippen molar-refractivity contribution in [3.63, 3.8) is 0 Å². The first-order valence-corrected chi connectivity index (χ1v) is 42.0. The molecule has 0 amide bonds. The molecule has 9 atom stereocenters. The minimum absolute atomic E-state index is 0.0328. The minimum Gasteiger partial charge on any atom is -0.497 e. The third-order valence-electron chi connectivity index (χ3n) is 21.2. The molecule has 9 aromatic rings. The van der Waals surface area contributed by atoms with E-state index in [1.807, 2.05) is 164 Å². The van der Waals surface area contributed by atoms with Gasteiger partial charge in [0.1, 0.15) is 74.8 Å². The molecule has 9 aromatic carbocycles. The molecule has 12 rings (SSSR count). The van der Waals surface area contributed by atoms with Gasteiger partial charge in [0, 0.05) is 40.5 Å². The molecule has 3 saturated heterocycles. The smallest absolute Gasteiger partial charge is 0.232 e. The summed E-state index contributed by atoms with van der Waals surface area (Å²) in [4.78, 5) is 0. The fourth-order valence-electron chi connectivity index (χ4n) is 14.3. The van der Waals surface area contributed by atoms with Crippen molar-refractivity contribution < 1.29 is 69.7 Å². The van der Waals surface area contributed by atoms with Crippen LogP contribution in [0, 0.1) is 11.8 Å². The molecule has 9 unspecified atom stereocenters. The van der Waals surface area contributed by atoms with E-state index in [2.05, 4.69) is 114 Å². The van der Waals surface area contributed by atoms with E-state index in [0.717, 1.165) is 92.3 Å². The molecule has 6 radical (unpaired) electrons. The molecule has 0 bridgehead atoms. The van der Waals surface area contributed by atoms with Crippen molar-refractivity contribution in [3.8, 4) is 34.5 Å². The van der Waals surface area contributed by atoms with Gasteiger partial charge in [0.05, 0.1) is 92.6 Å². The van der Waals surface area contributed by atoms with Crippen LogP contribution in [0.1, 0.15) is 103 Å². The second kappa shape index (κ2) is 37.2. The summed E-state index contributed by atoms with van der Waals surface area (Å²) in [6.07, 6.45) is 2.01. The van der Waals surface area contributed by atoms with Crippen LogP contribution >= 0.6 is 10.7 Å². The maximum Gasteiger partial charge on any atom is 0.232 e. The molecule has 15 nitrogen and oxygen atoms in total. The SMILES string of the molecule is [B]C1CC(CS(=O)(=O)Cl)C(COC(c2ccccc2)(c2ccc(OC)cc2)c2ccc(OC)cc2)O1.[B]C1CCC(COC(c2ccccc2)(c2ccc(OC)cc2)c2ccc(OC)cc2)O1.[B]C1OC(COC(c2ccccc2)(c2ccc(OC)cc2)c2ccc(OC)cc2)C(CC)C1O[Si](C)(C)C(C)(C)C. The molecule has 3 heterocycles. The maximum absolute atomic E-state index is 11.8. The normalized spacial score (nSPS) is 20.3. The van der Waals surface area contributed by atoms with Crippen LogP contribution in [0.15, 0.2) is 237 Å². The molecule has 564 valence electrons. The quantitative estimate of drug-likeness (QED) is 0.0248. The van der Waals surface area contributed by atoms with Gasteiger partial charge in [-0.15, -0.1) is 0 Å². The summed E-state index contributed by atoms with van der Waals surface area (Å²) in [7, 11) is 28.3. The maximum atomic E-state index is 11.8. The van der Waals surface area contributed by atoms with Gasteiger partial charge in [-0.2, -0.15) is 0 Å². The summed E-state index contributed by atoms with van der Waals surface area (Å²) in [6.45, 7) is 14.3. The van der Waals surface area contributed by atoms with Gasteiger partial charge < -0.3 is 61.3 Å². The number of benzene rings is 9. The predicted molar refractivity (Wildman–Crippen MR) is 431 cm³/mol. The summed E-state index contributed by atoms with van der Waals surface area (Å²) < 4.78 is 102. The Labute approximate surface area is 649 Å². The molecular formula is C87H100B3ClO15SSi. The summed E-state index contributed by atoms with van der Waals surface area (Å²) in [5, 5.41) is 0.0742. The van der Waals surface area contributed by atoms with Gasteiger partial charge in [-0.1, -0.05) is 191 Å². The van der Waals surface area contributed by atoms with Gasteiger partial charge in [0.15, 0.2) is 8.32 Å². The molecule has 3 aliphatic heterocycles. The molecule has 0 N–H and O–H groups in total. The Morgan fingerprint density at radius 1 is 0.417 bits per heavy atom. The highest BCUT2D eigenvalue weighted by Gasteiger charge is 2.50. The molecule has 3 fully saturated rings. The van der Waals surface area contributed by atoms with Crippen molar-refractivity contribution in [2.45, 2.75) is 131 Å². The van der Waals surface area contributed by atoms with Crippen LogP contribution in [-0.2, 0) is 58.7 Å². The van der Waals surface area contributed by atoms with Crippen LogP contribution in [0.4, 0.5) is 0 Å². The largest absolute Gasteiger partial charge is 0.497 e. The third-order valence-corrected chi connectivity index (χ3v) is 26.8. The van der Waals surface area contributed by atoms with Gasteiger partial charge in [-0.3, -0.25) is 0 Å². The van der Waals surface area contributed by atoms with Gasteiger partial charge in [-0.05, 0) is 167 Å². The van der Waals surface area contributed by atoms with Gasteiger partial charge in [0.25, 0.3) is 0 Å². The first-order valence-electron chi connectivity index (χ1n) is 36.7. The predicted octanol–water partition coefficient (Wildman–Crippen LogP) is 16.5. The lowest BCUT2D eigenvalue weighted by Crippen LogP contribution is -2.48. The summed E-state index contributed by atoms with van der Waals surface area (Å²) in [6, 6.07) is 76.6. The van der Waals surface area contributed by atoms with E-state index in [9.17, 15) is 8.42 Å². The standard InChI is InChI=1S/C34H45BO5Si.C27H28BClO6S.C26H27BO4/c1-9-29-30(39-32(35)31(29)40-41(7,8)33(2,3)4)23-38-34(24-13-11-10-12-14-24,25-15-19-27(36-5)20-16-25)26-17-21-28(37-6)22-18-26;1-32-23-12-8-21(9-13-23)27(20-6-4-3-5-7-20,22-10-14-24(33-2)15-11-22)34-17-25-19(16-26(28)35-25)18-36(29,30)31;1-28-22-12-8-20(9-13-22)26(19-6-4-3-5-7-19,21-10-14-23(29-2)15-11-21)30-18-24-16-17-25(27)31-24/h10-22,29-32H,9,23H2,1-8H3;3-15,19,25-26H,16-18H2,1-2H3;3-15,24-25H,16-18H2,1-2H3. The lowest BCUT2D eigenvalue weighted by atomic mass is 9.79. The molecule has 0 spiro atoms. The zero-order valence-corrected chi connectivity index (χ0v) is 66.6. The van der Waals surface area contributed by atoms with Crippen molar-refractivity contribution in [2.75, 3.05) is 68.2 Å². The van der Waals surface area contributed by atoms with Crippen LogP contribution in [-0.4, -0.2) is 151 Å². The highest BCUT2D eigenvalue weighted by Crippen LogP contribution is 2.48. The summed E-state index contributed by atoms with van der Waals surface area (Å²) >= 11 is 0. The van der Waals surface area contributed by atoms with Crippen molar-refractivity contribution in [2.24, 2.45) is 11.8 Å². The van der Waals surface area contributed by atoms with Gasteiger partial charge >= 0.3 is 0 Å². The average Bonchev–Trinajstić information content (AvgIpc) is 0.940. The molecule has 3 aliphatic rings.